The lowest BCUT2D eigenvalue weighted by Gasteiger charge is -2.11. The third-order valence-corrected chi connectivity index (χ3v) is 6.18. The molecule has 8 heteroatoms. The first-order valence-electron chi connectivity index (χ1n) is 8.85. The maximum atomic E-state index is 12.0. The van der Waals surface area contributed by atoms with E-state index in [-0.39, 0.29) is 17.4 Å². The zero-order valence-electron chi connectivity index (χ0n) is 15.5. The molecule has 1 amide bonds. The van der Waals surface area contributed by atoms with Crippen LogP contribution < -0.4 is 14.9 Å². The topological polar surface area (TPSA) is 94.1 Å². The Morgan fingerprint density at radius 2 is 2.00 bits per heavy atom. The van der Waals surface area contributed by atoms with Gasteiger partial charge < -0.3 is 9.47 Å². The molecule has 148 valence electrons. The van der Waals surface area contributed by atoms with Crippen molar-refractivity contribution < 1.29 is 22.7 Å². The predicted molar refractivity (Wildman–Crippen MR) is 106 cm³/mol. The molecular weight excluding hydrogens is 380 g/mol. The van der Waals surface area contributed by atoms with E-state index in [0.717, 1.165) is 5.56 Å². The third kappa shape index (κ3) is 5.32. The van der Waals surface area contributed by atoms with Crippen LogP contribution >= 0.6 is 0 Å². The van der Waals surface area contributed by atoms with Gasteiger partial charge in [-0.1, -0.05) is 30.3 Å². The molecule has 1 aliphatic rings. The first-order valence-corrected chi connectivity index (χ1v) is 10.7. The summed E-state index contributed by atoms with van der Waals surface area (Å²) < 4.78 is 34.1. The van der Waals surface area contributed by atoms with E-state index >= 15 is 0 Å². The van der Waals surface area contributed by atoms with Crippen LogP contribution in [0, 0.1) is 5.92 Å². The van der Waals surface area contributed by atoms with Crippen molar-refractivity contribution >= 4 is 22.0 Å². The van der Waals surface area contributed by atoms with Gasteiger partial charge in [-0.3, -0.25) is 4.79 Å². The van der Waals surface area contributed by atoms with E-state index in [9.17, 15) is 13.2 Å². The molecule has 28 heavy (non-hydrogen) atoms. The van der Waals surface area contributed by atoms with Crippen molar-refractivity contribution in [3.05, 3.63) is 59.7 Å². The fourth-order valence-corrected chi connectivity index (χ4v) is 4.63. The number of hydrogen-bond acceptors (Lipinski definition) is 6. The Kier molecular flexibility index (Phi) is 6.30. The molecule has 1 heterocycles. The molecule has 1 aliphatic heterocycles. The monoisotopic (exact) mass is 402 g/mol. The van der Waals surface area contributed by atoms with Gasteiger partial charge in [-0.25, -0.2) is 13.8 Å². The Balaban J connectivity index is 1.62. The molecule has 0 radical (unpaired) electrons. The standard InChI is InChI=1S/C20H22N2O5S/c1-26-18-8-7-16(11-19(18)27-13-15-5-3-2-4-6-15)12-21-22-20(23)17-9-10-28(24,25)14-17/h2-8,11-12,17H,9-10,13-14H2,1H3,(H,22,23)/b21-12-/t17-/m1/s1. The fraction of sp³-hybridized carbons (Fsp3) is 0.300. The maximum Gasteiger partial charge on any atom is 0.244 e. The normalized spacial score (nSPS) is 18.1. The molecular formula is C20H22N2O5S. The third-order valence-electron chi connectivity index (χ3n) is 4.42. The average molecular weight is 402 g/mol. The molecule has 1 atom stereocenters. The second-order valence-corrected chi connectivity index (χ2v) is 8.75. The van der Waals surface area contributed by atoms with Crippen LogP contribution in [0.3, 0.4) is 0 Å². The van der Waals surface area contributed by atoms with Gasteiger partial charge in [0, 0.05) is 0 Å². The largest absolute Gasteiger partial charge is 0.493 e. The lowest BCUT2D eigenvalue weighted by atomic mass is 10.1. The summed E-state index contributed by atoms with van der Waals surface area (Å²) >= 11 is 0. The maximum absolute atomic E-state index is 12.0. The molecule has 0 unspecified atom stereocenters. The van der Waals surface area contributed by atoms with Crippen LogP contribution in [0.15, 0.2) is 53.6 Å². The lowest BCUT2D eigenvalue weighted by molar-refractivity contribution is -0.124. The molecule has 0 aliphatic carbocycles. The van der Waals surface area contributed by atoms with E-state index in [4.69, 9.17) is 9.47 Å². The van der Waals surface area contributed by atoms with Gasteiger partial charge in [-0.2, -0.15) is 5.10 Å². The van der Waals surface area contributed by atoms with Gasteiger partial charge in [-0.05, 0) is 35.7 Å². The molecule has 2 aromatic carbocycles. The summed E-state index contributed by atoms with van der Waals surface area (Å²) in [6.45, 7) is 0.394. The van der Waals surface area contributed by atoms with Crippen LogP contribution in [0.1, 0.15) is 17.5 Å². The molecule has 7 nitrogen and oxygen atoms in total. The Morgan fingerprint density at radius 3 is 2.68 bits per heavy atom. The second-order valence-electron chi connectivity index (χ2n) is 6.52. The molecule has 1 N–H and O–H groups in total. The number of carbonyl (C=O) groups excluding carboxylic acids is 1. The van der Waals surface area contributed by atoms with E-state index in [0.29, 0.717) is 30.1 Å². The van der Waals surface area contributed by atoms with E-state index in [2.05, 4.69) is 10.5 Å². The summed E-state index contributed by atoms with van der Waals surface area (Å²) in [6.07, 6.45) is 1.82. The van der Waals surface area contributed by atoms with Gasteiger partial charge in [0.15, 0.2) is 21.3 Å². The summed E-state index contributed by atoms with van der Waals surface area (Å²) in [4.78, 5) is 12.0. The highest BCUT2D eigenvalue weighted by atomic mass is 32.2. The Bertz CT molecular complexity index is 958. The number of nitrogens with one attached hydrogen (secondary N) is 1. The summed E-state index contributed by atoms with van der Waals surface area (Å²) in [5, 5.41) is 3.93. The highest BCUT2D eigenvalue weighted by Crippen LogP contribution is 2.28. The molecule has 1 fully saturated rings. The zero-order valence-corrected chi connectivity index (χ0v) is 16.3. The minimum Gasteiger partial charge on any atom is -0.493 e. The Morgan fingerprint density at radius 1 is 1.21 bits per heavy atom. The fourth-order valence-electron chi connectivity index (χ4n) is 2.89. The molecule has 0 saturated carbocycles. The predicted octanol–water partition coefficient (Wildman–Crippen LogP) is 2.16. The number of rotatable bonds is 7. The molecule has 0 bridgehead atoms. The first-order chi connectivity index (χ1) is 13.5. The molecule has 3 rings (SSSR count). The summed E-state index contributed by atoms with van der Waals surface area (Å²) in [7, 11) is -1.54. The van der Waals surface area contributed by atoms with Gasteiger partial charge >= 0.3 is 0 Å². The van der Waals surface area contributed by atoms with Gasteiger partial charge in [0.25, 0.3) is 0 Å². The van der Waals surface area contributed by atoms with Gasteiger partial charge in [0.2, 0.25) is 5.91 Å². The molecule has 1 saturated heterocycles. The minimum atomic E-state index is -3.10. The van der Waals surface area contributed by atoms with E-state index in [1.54, 1.807) is 25.3 Å². The van der Waals surface area contributed by atoms with E-state index < -0.39 is 15.8 Å². The summed E-state index contributed by atoms with van der Waals surface area (Å²) in [6, 6.07) is 15.1. The molecule has 0 aromatic heterocycles. The number of benzene rings is 2. The summed E-state index contributed by atoms with van der Waals surface area (Å²) in [5.74, 6) is 0.162. The number of hydrogen-bond donors (Lipinski definition) is 1. The van der Waals surface area contributed by atoms with Gasteiger partial charge in [-0.15, -0.1) is 0 Å². The van der Waals surface area contributed by atoms with Crippen LogP contribution in [-0.4, -0.2) is 39.2 Å². The second kappa shape index (κ2) is 8.88. The van der Waals surface area contributed by atoms with E-state index in [1.165, 1.54) is 6.21 Å². The molecule has 2 aromatic rings. The van der Waals surface area contributed by atoms with Crippen molar-refractivity contribution in [3.8, 4) is 11.5 Å². The van der Waals surface area contributed by atoms with Crippen molar-refractivity contribution in [1.82, 2.24) is 5.43 Å². The number of ether oxygens (including phenoxy) is 2. The number of sulfone groups is 1. The van der Waals surface area contributed by atoms with Crippen molar-refractivity contribution in [2.24, 2.45) is 11.0 Å². The molecule has 0 spiro atoms. The SMILES string of the molecule is COc1ccc(/C=N\NC(=O)[C@@H]2CCS(=O)(=O)C2)cc1OCc1ccccc1. The van der Waals surface area contributed by atoms with Gasteiger partial charge in [0.05, 0.1) is 30.7 Å². The van der Waals surface area contributed by atoms with Gasteiger partial charge in [0.1, 0.15) is 6.61 Å². The smallest absolute Gasteiger partial charge is 0.244 e. The number of methoxy groups -OCH3 is 1. The van der Waals surface area contributed by atoms with Crippen molar-refractivity contribution in [2.45, 2.75) is 13.0 Å². The zero-order chi connectivity index (χ0) is 20.0. The summed E-state index contributed by atoms with van der Waals surface area (Å²) in [5.41, 5.74) is 4.15. The Labute approximate surface area is 164 Å². The minimum absolute atomic E-state index is 0.0510. The van der Waals surface area contributed by atoms with E-state index in [1.807, 2.05) is 30.3 Å². The quantitative estimate of drug-likeness (QED) is 0.566. The lowest BCUT2D eigenvalue weighted by Crippen LogP contribution is -2.27. The number of carbonyl (C=O) groups is 1. The van der Waals surface area contributed by atoms with Crippen LogP contribution in [0.25, 0.3) is 0 Å². The van der Waals surface area contributed by atoms with Crippen LogP contribution in [0.2, 0.25) is 0 Å². The van der Waals surface area contributed by atoms with Crippen LogP contribution in [0.4, 0.5) is 0 Å². The highest BCUT2D eigenvalue weighted by molar-refractivity contribution is 7.91. The average Bonchev–Trinajstić information content (AvgIpc) is 3.07. The Hall–Kier alpha value is -2.87. The number of amides is 1. The van der Waals surface area contributed by atoms with Crippen molar-refractivity contribution in [1.29, 1.82) is 0 Å². The highest BCUT2D eigenvalue weighted by Gasteiger charge is 2.32. The van der Waals surface area contributed by atoms with Crippen molar-refractivity contribution in [2.75, 3.05) is 18.6 Å². The van der Waals surface area contributed by atoms with Crippen molar-refractivity contribution in [3.63, 3.8) is 0 Å². The first kappa shape index (κ1) is 19.9. The number of hydrazone groups is 1. The number of nitrogens with zero attached hydrogens (tertiary/aromatic N) is 1. The van der Waals surface area contributed by atoms with Crippen LogP contribution in [-0.2, 0) is 21.2 Å². The van der Waals surface area contributed by atoms with Crippen LogP contribution in [0.5, 0.6) is 11.5 Å².